The molecule has 2 rings (SSSR count). The van der Waals surface area contributed by atoms with E-state index in [-0.39, 0.29) is 12.4 Å². The van der Waals surface area contributed by atoms with Gasteiger partial charge in [0.05, 0.1) is 6.61 Å². The summed E-state index contributed by atoms with van der Waals surface area (Å²) in [6, 6.07) is 5.99. The van der Waals surface area contributed by atoms with Gasteiger partial charge in [-0.3, -0.25) is 0 Å². The molecule has 4 heteroatoms. The van der Waals surface area contributed by atoms with Gasteiger partial charge in [0.25, 0.3) is 0 Å². The lowest BCUT2D eigenvalue weighted by Crippen LogP contribution is -2.04. The smallest absolute Gasteiger partial charge is 0.124 e. The summed E-state index contributed by atoms with van der Waals surface area (Å²) in [6.07, 6.45) is 2.62. The molecule has 1 aromatic carbocycles. The van der Waals surface area contributed by atoms with Crippen molar-refractivity contribution in [1.82, 2.24) is 0 Å². The number of hydrogen-bond acceptors (Lipinski definition) is 2. The second-order valence-corrected chi connectivity index (χ2v) is 4.63. The fourth-order valence-corrected chi connectivity index (χ4v) is 1.66. The van der Waals surface area contributed by atoms with E-state index >= 15 is 0 Å². The minimum Gasteiger partial charge on any atom is -0.493 e. The van der Waals surface area contributed by atoms with Gasteiger partial charge in [0.2, 0.25) is 0 Å². The van der Waals surface area contributed by atoms with Crippen molar-refractivity contribution in [1.29, 1.82) is 0 Å². The van der Waals surface area contributed by atoms with E-state index in [2.05, 4.69) is 15.9 Å². The van der Waals surface area contributed by atoms with E-state index in [1.54, 1.807) is 0 Å². The predicted octanol–water partition coefficient (Wildman–Crippen LogP) is 3.12. The lowest BCUT2D eigenvalue weighted by Gasteiger charge is -2.10. The second kappa shape index (κ2) is 5.73. The van der Waals surface area contributed by atoms with Crippen molar-refractivity contribution < 1.29 is 4.74 Å². The molecule has 0 atom stereocenters. The van der Waals surface area contributed by atoms with E-state index in [1.807, 2.05) is 18.2 Å². The molecule has 0 unspecified atom stereocenters. The van der Waals surface area contributed by atoms with E-state index in [0.717, 1.165) is 28.3 Å². The Bertz CT molecular complexity index is 328. The predicted molar refractivity (Wildman–Crippen MR) is 67.5 cm³/mol. The molecule has 0 amide bonds. The van der Waals surface area contributed by atoms with Crippen molar-refractivity contribution in [2.24, 2.45) is 11.7 Å². The Morgan fingerprint density at radius 3 is 2.73 bits per heavy atom. The summed E-state index contributed by atoms with van der Waals surface area (Å²) < 4.78 is 6.76. The number of hydrogen-bond donors (Lipinski definition) is 1. The number of nitrogens with two attached hydrogens (primary N) is 1. The molecule has 1 aromatic rings. The molecule has 84 valence electrons. The number of ether oxygens (including phenoxy) is 1. The van der Waals surface area contributed by atoms with Gasteiger partial charge in [-0.05, 0) is 30.9 Å². The van der Waals surface area contributed by atoms with Gasteiger partial charge in [0.1, 0.15) is 5.75 Å². The Morgan fingerprint density at radius 1 is 1.40 bits per heavy atom. The zero-order chi connectivity index (χ0) is 9.97. The molecular formula is C11H15BrClNO. The van der Waals surface area contributed by atoms with Crippen LogP contribution in [0.2, 0.25) is 0 Å². The van der Waals surface area contributed by atoms with E-state index in [0.29, 0.717) is 6.54 Å². The number of rotatable bonds is 4. The molecular weight excluding hydrogens is 277 g/mol. The van der Waals surface area contributed by atoms with E-state index in [9.17, 15) is 0 Å². The van der Waals surface area contributed by atoms with Gasteiger partial charge in [-0.15, -0.1) is 12.4 Å². The Hall–Kier alpha value is -0.250. The topological polar surface area (TPSA) is 35.2 Å². The highest BCUT2D eigenvalue weighted by Crippen LogP contribution is 2.31. The summed E-state index contributed by atoms with van der Waals surface area (Å²) in [6.45, 7) is 1.37. The normalized spacial score (nSPS) is 14.5. The second-order valence-electron chi connectivity index (χ2n) is 3.71. The first-order valence-electron chi connectivity index (χ1n) is 4.91. The molecule has 2 nitrogen and oxygen atoms in total. The Kier molecular flexibility index (Phi) is 4.90. The Labute approximate surface area is 105 Å². The molecule has 0 heterocycles. The van der Waals surface area contributed by atoms with E-state index in [1.165, 1.54) is 12.8 Å². The average molecular weight is 293 g/mol. The van der Waals surface area contributed by atoms with Crippen molar-refractivity contribution in [2.75, 3.05) is 6.61 Å². The third-order valence-electron chi connectivity index (χ3n) is 2.42. The maximum Gasteiger partial charge on any atom is 0.124 e. The zero-order valence-electron chi connectivity index (χ0n) is 8.41. The van der Waals surface area contributed by atoms with Crippen LogP contribution in [0.4, 0.5) is 0 Å². The van der Waals surface area contributed by atoms with Crippen molar-refractivity contribution >= 4 is 28.3 Å². The van der Waals surface area contributed by atoms with Gasteiger partial charge in [-0.25, -0.2) is 0 Å². The number of halogens is 2. The highest BCUT2D eigenvalue weighted by Gasteiger charge is 2.22. The van der Waals surface area contributed by atoms with Gasteiger partial charge in [0.15, 0.2) is 0 Å². The fraction of sp³-hybridized carbons (Fsp3) is 0.455. The summed E-state index contributed by atoms with van der Waals surface area (Å²) in [4.78, 5) is 0. The first-order chi connectivity index (χ1) is 6.79. The number of benzene rings is 1. The third kappa shape index (κ3) is 3.67. The summed E-state index contributed by atoms with van der Waals surface area (Å²) in [5.41, 5.74) is 6.71. The molecule has 15 heavy (non-hydrogen) atoms. The van der Waals surface area contributed by atoms with Crippen LogP contribution >= 0.6 is 28.3 Å². The molecule has 1 saturated carbocycles. The van der Waals surface area contributed by atoms with Crippen LogP contribution in [-0.2, 0) is 6.54 Å². The van der Waals surface area contributed by atoms with Crippen LogP contribution in [0.3, 0.4) is 0 Å². The molecule has 1 aliphatic rings. The van der Waals surface area contributed by atoms with Crippen LogP contribution in [0.25, 0.3) is 0 Å². The highest BCUT2D eigenvalue weighted by molar-refractivity contribution is 9.10. The largest absolute Gasteiger partial charge is 0.493 e. The van der Waals surface area contributed by atoms with Crippen LogP contribution < -0.4 is 10.5 Å². The minimum absolute atomic E-state index is 0. The summed E-state index contributed by atoms with van der Waals surface area (Å²) >= 11 is 3.43. The lowest BCUT2D eigenvalue weighted by molar-refractivity contribution is 0.296. The van der Waals surface area contributed by atoms with Gasteiger partial charge in [0, 0.05) is 16.6 Å². The standard InChI is InChI=1S/C11H14BrNO.ClH/c12-10-4-3-9(6-13)11(5-10)14-7-8-1-2-8;/h3-5,8H,1-2,6-7,13H2;1H. The maximum atomic E-state index is 5.72. The first-order valence-corrected chi connectivity index (χ1v) is 5.70. The third-order valence-corrected chi connectivity index (χ3v) is 2.91. The van der Waals surface area contributed by atoms with Crippen LogP contribution in [0, 0.1) is 5.92 Å². The fourth-order valence-electron chi connectivity index (χ4n) is 1.32. The molecule has 0 spiro atoms. The van der Waals surface area contributed by atoms with Crippen molar-refractivity contribution in [3.8, 4) is 5.75 Å². The van der Waals surface area contributed by atoms with Gasteiger partial charge in [-0.1, -0.05) is 22.0 Å². The summed E-state index contributed by atoms with van der Waals surface area (Å²) in [5, 5.41) is 0. The molecule has 1 aliphatic carbocycles. The monoisotopic (exact) mass is 291 g/mol. The van der Waals surface area contributed by atoms with E-state index < -0.39 is 0 Å². The Balaban J connectivity index is 0.00000112. The Morgan fingerprint density at radius 2 is 2.13 bits per heavy atom. The van der Waals surface area contributed by atoms with Crippen LogP contribution in [0.5, 0.6) is 5.75 Å². The maximum absolute atomic E-state index is 5.72. The van der Waals surface area contributed by atoms with Crippen molar-refractivity contribution in [3.63, 3.8) is 0 Å². The molecule has 0 saturated heterocycles. The highest BCUT2D eigenvalue weighted by atomic mass is 79.9. The van der Waals surface area contributed by atoms with Gasteiger partial charge < -0.3 is 10.5 Å². The average Bonchev–Trinajstić information content (AvgIpc) is 2.98. The molecule has 1 fully saturated rings. The lowest BCUT2D eigenvalue weighted by atomic mass is 10.2. The van der Waals surface area contributed by atoms with Crippen LogP contribution in [0.1, 0.15) is 18.4 Å². The molecule has 0 aromatic heterocycles. The molecule has 0 aliphatic heterocycles. The first kappa shape index (κ1) is 12.8. The zero-order valence-corrected chi connectivity index (χ0v) is 10.8. The van der Waals surface area contributed by atoms with Gasteiger partial charge >= 0.3 is 0 Å². The quantitative estimate of drug-likeness (QED) is 0.925. The SMILES string of the molecule is Cl.NCc1ccc(Br)cc1OCC1CC1. The molecule has 0 radical (unpaired) electrons. The van der Waals surface area contributed by atoms with Crippen molar-refractivity contribution in [3.05, 3.63) is 28.2 Å². The molecule has 0 bridgehead atoms. The molecule has 2 N–H and O–H groups in total. The van der Waals surface area contributed by atoms with E-state index in [4.69, 9.17) is 10.5 Å². The van der Waals surface area contributed by atoms with Crippen LogP contribution in [-0.4, -0.2) is 6.61 Å². The van der Waals surface area contributed by atoms with Gasteiger partial charge in [-0.2, -0.15) is 0 Å². The summed E-state index contributed by atoms with van der Waals surface area (Å²) in [7, 11) is 0. The van der Waals surface area contributed by atoms with Crippen LogP contribution in [0.15, 0.2) is 22.7 Å². The summed E-state index contributed by atoms with van der Waals surface area (Å²) in [5.74, 6) is 1.70. The minimum atomic E-state index is 0. The van der Waals surface area contributed by atoms with Crippen molar-refractivity contribution in [2.45, 2.75) is 19.4 Å².